The zero-order valence-corrected chi connectivity index (χ0v) is 12.4. The molecular weight excluding hydrogens is 296 g/mol. The minimum Gasteiger partial charge on any atom is -0.477 e. The zero-order valence-electron chi connectivity index (χ0n) is 11.6. The summed E-state index contributed by atoms with van der Waals surface area (Å²) < 4.78 is 0. The highest BCUT2D eigenvalue weighted by molar-refractivity contribution is 8.05. The van der Waals surface area contributed by atoms with Crippen LogP contribution >= 0.6 is 11.8 Å². The molecule has 0 saturated carbocycles. The van der Waals surface area contributed by atoms with E-state index >= 15 is 0 Å². The largest absolute Gasteiger partial charge is 0.477 e. The molecule has 0 aromatic heterocycles. The van der Waals surface area contributed by atoms with Crippen molar-refractivity contribution in [3.05, 3.63) is 22.2 Å². The summed E-state index contributed by atoms with van der Waals surface area (Å²) >= 11 is 1.15. The third kappa shape index (κ3) is 2.81. The first-order chi connectivity index (χ1) is 9.84. The van der Waals surface area contributed by atoms with Crippen molar-refractivity contribution in [3.8, 4) is 0 Å². The smallest absolute Gasteiger partial charge is 0.353 e. The van der Waals surface area contributed by atoms with Gasteiger partial charge in [0.1, 0.15) is 5.70 Å². The van der Waals surface area contributed by atoms with Crippen molar-refractivity contribution in [2.45, 2.75) is 32.4 Å². The van der Waals surface area contributed by atoms with Crippen LogP contribution in [0, 0.1) is 5.92 Å². The molecule has 0 bridgehead atoms. The number of nitrogens with zero attached hydrogens (tertiary/aromatic N) is 1. The summed E-state index contributed by atoms with van der Waals surface area (Å²) in [5.74, 6) is -2.28. The average Bonchev–Trinajstić information content (AvgIpc) is 2.68. The quantitative estimate of drug-likeness (QED) is 0.628. The molecule has 1 saturated heterocycles. The van der Waals surface area contributed by atoms with Gasteiger partial charge in [-0.1, -0.05) is 11.8 Å². The van der Waals surface area contributed by atoms with Crippen molar-refractivity contribution in [1.82, 2.24) is 10.2 Å². The van der Waals surface area contributed by atoms with Gasteiger partial charge in [0.15, 0.2) is 0 Å². The standard InChI is InChI=1S/C13H16N2O5S/c1-6(16)10-8-5-9(21-4-3-14-7(2)17)11(13(19)20)15(8)12(10)18/h3-4,6,8,10,16H,5H2,1-2H3,(H,14,17)(H,19,20)/b4-3-/t6-,8+,10-/m0/s1. The molecule has 2 amide bonds. The number of fused-ring (bicyclic) bond motifs is 1. The van der Waals surface area contributed by atoms with E-state index in [9.17, 15) is 24.6 Å². The van der Waals surface area contributed by atoms with Crippen molar-refractivity contribution in [2.75, 3.05) is 0 Å². The monoisotopic (exact) mass is 312 g/mol. The number of thioether (sulfide) groups is 1. The van der Waals surface area contributed by atoms with Gasteiger partial charge in [0.2, 0.25) is 11.8 Å². The van der Waals surface area contributed by atoms with Gasteiger partial charge in [0.05, 0.1) is 18.1 Å². The number of nitrogens with one attached hydrogen (secondary N) is 1. The second-order valence-corrected chi connectivity index (χ2v) is 5.94. The van der Waals surface area contributed by atoms with E-state index < -0.39 is 18.0 Å². The maximum absolute atomic E-state index is 11.9. The Morgan fingerprint density at radius 3 is 2.71 bits per heavy atom. The Morgan fingerprint density at radius 2 is 2.19 bits per heavy atom. The molecule has 21 heavy (non-hydrogen) atoms. The first kappa shape index (κ1) is 15.6. The Hall–Kier alpha value is -1.80. The molecule has 8 heteroatoms. The number of rotatable bonds is 5. The Kier molecular flexibility index (Phi) is 4.38. The number of carboxylic acid groups (broad SMARTS) is 1. The summed E-state index contributed by atoms with van der Waals surface area (Å²) in [7, 11) is 0. The number of aliphatic hydroxyl groups excluding tert-OH is 1. The van der Waals surface area contributed by atoms with E-state index in [1.165, 1.54) is 24.9 Å². The molecular formula is C13H16N2O5S. The van der Waals surface area contributed by atoms with Crippen molar-refractivity contribution in [2.24, 2.45) is 5.92 Å². The Bertz CT molecular complexity index is 555. The van der Waals surface area contributed by atoms with Crippen LogP contribution in [0.5, 0.6) is 0 Å². The number of carboxylic acids is 1. The van der Waals surface area contributed by atoms with Gasteiger partial charge in [-0.05, 0) is 12.3 Å². The van der Waals surface area contributed by atoms with Gasteiger partial charge < -0.3 is 20.4 Å². The third-order valence-corrected chi connectivity index (χ3v) is 4.37. The van der Waals surface area contributed by atoms with Gasteiger partial charge in [-0.15, -0.1) is 0 Å². The SMILES string of the molecule is CC(=O)N/C=C\SC1=C(C(=O)O)N2C(=O)[C@@H]([C@H](C)O)[C@H]2C1. The normalized spacial score (nSPS) is 25.9. The van der Waals surface area contributed by atoms with Crippen LogP contribution in [0.25, 0.3) is 0 Å². The second-order valence-electron chi connectivity index (χ2n) is 4.94. The molecule has 2 heterocycles. The molecule has 0 unspecified atom stereocenters. The van der Waals surface area contributed by atoms with Gasteiger partial charge in [-0.3, -0.25) is 9.59 Å². The first-order valence-corrected chi connectivity index (χ1v) is 7.29. The average molecular weight is 312 g/mol. The van der Waals surface area contributed by atoms with Crippen molar-refractivity contribution >= 4 is 29.5 Å². The number of hydrogen-bond donors (Lipinski definition) is 3. The summed E-state index contributed by atoms with van der Waals surface area (Å²) in [4.78, 5) is 35.8. The lowest BCUT2D eigenvalue weighted by atomic mass is 9.83. The van der Waals surface area contributed by atoms with Gasteiger partial charge in [-0.2, -0.15) is 0 Å². The van der Waals surface area contributed by atoms with E-state index in [-0.39, 0.29) is 23.6 Å². The summed E-state index contributed by atoms with van der Waals surface area (Å²) in [5.41, 5.74) is -0.0284. The lowest BCUT2D eigenvalue weighted by Crippen LogP contribution is -2.61. The summed E-state index contributed by atoms with van der Waals surface area (Å²) in [6.45, 7) is 2.90. The number of amides is 2. The Morgan fingerprint density at radius 1 is 1.52 bits per heavy atom. The van der Waals surface area contributed by atoms with E-state index in [1.807, 2.05) is 0 Å². The number of aliphatic carboxylic acids is 1. The molecule has 2 aliphatic rings. The number of β-lactam (4-membered cyclic amide) rings is 1. The third-order valence-electron chi connectivity index (χ3n) is 3.46. The predicted octanol–water partition coefficient (Wildman–Crippen LogP) is 0.235. The highest BCUT2D eigenvalue weighted by Gasteiger charge is 2.56. The molecule has 0 aromatic rings. The highest BCUT2D eigenvalue weighted by Crippen LogP contribution is 2.47. The van der Waals surface area contributed by atoms with E-state index in [4.69, 9.17) is 0 Å². The topological polar surface area (TPSA) is 107 Å². The molecule has 0 radical (unpaired) electrons. The molecule has 0 aromatic carbocycles. The van der Waals surface area contributed by atoms with Gasteiger partial charge in [0, 0.05) is 24.4 Å². The molecule has 3 N–H and O–H groups in total. The molecule has 114 valence electrons. The summed E-state index contributed by atoms with van der Waals surface area (Å²) in [6, 6.07) is -0.291. The van der Waals surface area contributed by atoms with Crippen LogP contribution in [0.15, 0.2) is 22.2 Å². The number of carbonyl (C=O) groups is 3. The molecule has 2 rings (SSSR count). The Labute approximate surface area is 125 Å². The number of hydrogen-bond acceptors (Lipinski definition) is 5. The van der Waals surface area contributed by atoms with E-state index in [1.54, 1.807) is 5.41 Å². The fraction of sp³-hybridized carbons (Fsp3) is 0.462. The fourth-order valence-electron chi connectivity index (χ4n) is 2.60. The predicted molar refractivity (Wildman–Crippen MR) is 75.6 cm³/mol. The summed E-state index contributed by atoms with van der Waals surface area (Å²) in [6.07, 6.45) is 1.02. The van der Waals surface area contributed by atoms with Gasteiger partial charge in [0.25, 0.3) is 0 Å². The molecule has 3 atom stereocenters. The first-order valence-electron chi connectivity index (χ1n) is 6.41. The van der Waals surface area contributed by atoms with Crippen LogP contribution in [0.1, 0.15) is 20.3 Å². The van der Waals surface area contributed by atoms with Crippen LogP contribution in [-0.4, -0.2) is 45.0 Å². The second kappa shape index (κ2) is 5.90. The molecule has 0 spiro atoms. The van der Waals surface area contributed by atoms with Crippen LogP contribution in [0.3, 0.4) is 0 Å². The van der Waals surface area contributed by atoms with Crippen LogP contribution in [-0.2, 0) is 14.4 Å². The van der Waals surface area contributed by atoms with E-state index in [0.717, 1.165) is 11.8 Å². The summed E-state index contributed by atoms with van der Waals surface area (Å²) in [5, 5.41) is 22.9. The fourth-order valence-corrected chi connectivity index (χ4v) is 3.47. The maximum atomic E-state index is 11.9. The van der Waals surface area contributed by atoms with Crippen LogP contribution in [0.2, 0.25) is 0 Å². The van der Waals surface area contributed by atoms with E-state index in [2.05, 4.69) is 5.32 Å². The molecule has 1 fully saturated rings. The van der Waals surface area contributed by atoms with Gasteiger partial charge >= 0.3 is 5.97 Å². The van der Waals surface area contributed by atoms with Crippen LogP contribution in [0.4, 0.5) is 0 Å². The van der Waals surface area contributed by atoms with E-state index in [0.29, 0.717) is 11.3 Å². The molecule has 7 nitrogen and oxygen atoms in total. The van der Waals surface area contributed by atoms with Crippen molar-refractivity contribution < 1.29 is 24.6 Å². The minimum atomic E-state index is -1.16. The molecule has 2 aliphatic heterocycles. The van der Waals surface area contributed by atoms with Crippen molar-refractivity contribution in [1.29, 1.82) is 0 Å². The number of aliphatic hydroxyl groups is 1. The van der Waals surface area contributed by atoms with Crippen molar-refractivity contribution in [3.63, 3.8) is 0 Å². The molecule has 0 aliphatic carbocycles. The van der Waals surface area contributed by atoms with Gasteiger partial charge in [-0.25, -0.2) is 4.79 Å². The number of carbonyl (C=O) groups excluding carboxylic acids is 2. The maximum Gasteiger partial charge on any atom is 0.353 e. The Balaban J connectivity index is 2.13. The lowest BCUT2D eigenvalue weighted by Gasteiger charge is -2.44. The zero-order chi connectivity index (χ0) is 15.7. The highest BCUT2D eigenvalue weighted by atomic mass is 32.2. The van der Waals surface area contributed by atoms with Crippen LogP contribution < -0.4 is 5.32 Å². The minimum absolute atomic E-state index is 0.0284. The lowest BCUT2D eigenvalue weighted by molar-refractivity contribution is -0.161.